The quantitative estimate of drug-likeness (QED) is 0.519. The van der Waals surface area contributed by atoms with Crippen LogP contribution >= 0.6 is 11.6 Å². The summed E-state index contributed by atoms with van der Waals surface area (Å²) in [5, 5.41) is 2.74. The summed E-state index contributed by atoms with van der Waals surface area (Å²) in [6.07, 6.45) is -1.30. The fourth-order valence-electron chi connectivity index (χ4n) is 2.52. The maximum Gasteiger partial charge on any atom is 0.411 e. The van der Waals surface area contributed by atoms with Crippen molar-refractivity contribution < 1.29 is 32.2 Å². The monoisotopic (exact) mass is 410 g/mol. The fourth-order valence-corrected chi connectivity index (χ4v) is 2.67. The molecule has 12 heteroatoms. The van der Waals surface area contributed by atoms with Gasteiger partial charge in [0, 0.05) is 26.3 Å². The van der Waals surface area contributed by atoms with Gasteiger partial charge in [-0.15, -0.1) is 0 Å². The van der Waals surface area contributed by atoms with Crippen molar-refractivity contribution in [1.82, 2.24) is 20.2 Å². The Hall–Kier alpha value is -2.11. The van der Waals surface area contributed by atoms with Gasteiger partial charge in [0.2, 0.25) is 11.2 Å². The summed E-state index contributed by atoms with van der Waals surface area (Å²) in [7, 11) is 1.45. The number of nitrogens with zero attached hydrogens (tertiary/aromatic N) is 2. The number of aromatic nitrogens is 2. The van der Waals surface area contributed by atoms with Gasteiger partial charge in [0.25, 0.3) is 5.91 Å². The number of hydrogen-bond acceptors (Lipinski definition) is 5. The second-order valence-corrected chi connectivity index (χ2v) is 6.08. The van der Waals surface area contributed by atoms with Crippen LogP contribution in [0.15, 0.2) is 18.3 Å². The van der Waals surface area contributed by atoms with Crippen LogP contribution in [0.25, 0.3) is 0 Å². The Kier molecular flexibility index (Phi) is 7.22. The number of aromatic amines is 1. The molecule has 1 aromatic rings. The maximum absolute atomic E-state index is 12.4. The molecule has 2 amide bonds. The molecule has 1 fully saturated rings. The molecule has 0 aliphatic carbocycles. The highest BCUT2D eigenvalue weighted by Crippen LogP contribution is 2.17. The van der Waals surface area contributed by atoms with Crippen molar-refractivity contribution in [3.05, 3.63) is 29.3 Å². The van der Waals surface area contributed by atoms with Crippen LogP contribution in [-0.4, -0.2) is 78.4 Å². The number of hydrogen-bond donors (Lipinski definition) is 2. The Labute approximate surface area is 157 Å². The SMILES string of the molecule is CO[C@@H]1CN(C(=O)c2cnc(Cl)[nH]2)C[C@@H]1NC(=O)/C=C\COCC(F)(F)F. The smallest absolute Gasteiger partial charge is 0.377 e. The zero-order chi connectivity index (χ0) is 20.0. The molecular formula is C15H18ClF3N4O4. The van der Waals surface area contributed by atoms with Gasteiger partial charge in [-0.3, -0.25) is 9.59 Å². The van der Waals surface area contributed by atoms with Crippen LogP contribution in [0.5, 0.6) is 0 Å². The standard InChI is InChI=1S/C15H18ClF3N4O4/c1-26-11-7-23(13(25)9-5-20-14(16)22-9)6-10(11)21-12(24)3-2-4-27-8-15(17,18)19/h2-3,5,10-11H,4,6-8H2,1H3,(H,20,22)(H,21,24)/b3-2-/t10-,11+/m0/s1. The van der Waals surface area contributed by atoms with Gasteiger partial charge >= 0.3 is 6.18 Å². The number of carbonyl (C=O) groups is 2. The predicted molar refractivity (Wildman–Crippen MR) is 88.2 cm³/mol. The first-order valence-electron chi connectivity index (χ1n) is 7.83. The van der Waals surface area contributed by atoms with Crippen LogP contribution in [0.2, 0.25) is 5.28 Å². The average Bonchev–Trinajstić information content (AvgIpc) is 3.19. The Morgan fingerprint density at radius 1 is 1.48 bits per heavy atom. The third kappa shape index (κ3) is 6.52. The summed E-state index contributed by atoms with van der Waals surface area (Å²) in [4.78, 5) is 32.1. The molecule has 8 nitrogen and oxygen atoms in total. The van der Waals surface area contributed by atoms with Crippen molar-refractivity contribution in [3.8, 4) is 0 Å². The summed E-state index contributed by atoms with van der Waals surface area (Å²) in [5.41, 5.74) is 0.212. The van der Waals surface area contributed by atoms with E-state index < -0.39 is 30.8 Å². The molecule has 2 heterocycles. The van der Waals surface area contributed by atoms with Crippen LogP contribution in [0.4, 0.5) is 13.2 Å². The Balaban J connectivity index is 1.84. The Bertz CT molecular complexity index is 695. The molecule has 0 unspecified atom stereocenters. The topological polar surface area (TPSA) is 96.5 Å². The summed E-state index contributed by atoms with van der Waals surface area (Å²) in [6.45, 7) is -1.30. The number of alkyl halides is 3. The molecule has 1 saturated heterocycles. The van der Waals surface area contributed by atoms with Crippen molar-refractivity contribution in [3.63, 3.8) is 0 Å². The minimum atomic E-state index is -4.42. The number of likely N-dealkylation sites (tertiary alicyclic amines) is 1. The lowest BCUT2D eigenvalue weighted by atomic mass is 10.2. The number of nitrogens with one attached hydrogen (secondary N) is 2. The molecular weight excluding hydrogens is 393 g/mol. The Morgan fingerprint density at radius 3 is 2.81 bits per heavy atom. The summed E-state index contributed by atoms with van der Waals surface area (Å²) in [6, 6.07) is -0.481. The molecule has 2 N–H and O–H groups in total. The van der Waals surface area contributed by atoms with Gasteiger partial charge in [0.05, 0.1) is 24.9 Å². The van der Waals surface area contributed by atoms with Gasteiger partial charge in [-0.05, 0) is 11.6 Å². The first-order valence-corrected chi connectivity index (χ1v) is 8.21. The largest absolute Gasteiger partial charge is 0.411 e. The van der Waals surface area contributed by atoms with Gasteiger partial charge in [-0.25, -0.2) is 4.98 Å². The highest BCUT2D eigenvalue weighted by molar-refractivity contribution is 6.28. The van der Waals surface area contributed by atoms with Gasteiger partial charge in [-0.2, -0.15) is 13.2 Å². The summed E-state index contributed by atoms with van der Waals surface area (Å²) >= 11 is 5.66. The van der Waals surface area contributed by atoms with Crippen molar-refractivity contribution in [2.75, 3.05) is 33.4 Å². The molecule has 150 valence electrons. The molecule has 27 heavy (non-hydrogen) atoms. The van der Waals surface area contributed by atoms with E-state index in [4.69, 9.17) is 16.3 Å². The fraction of sp³-hybridized carbons (Fsp3) is 0.533. The van der Waals surface area contributed by atoms with Gasteiger partial charge in [-0.1, -0.05) is 6.08 Å². The van der Waals surface area contributed by atoms with Crippen molar-refractivity contribution in [1.29, 1.82) is 0 Å². The third-order valence-corrected chi connectivity index (χ3v) is 3.90. The summed E-state index contributed by atoms with van der Waals surface area (Å²) in [5.74, 6) is -0.874. The lowest BCUT2D eigenvalue weighted by molar-refractivity contribution is -0.171. The van der Waals surface area contributed by atoms with Crippen LogP contribution in [0, 0.1) is 0 Å². The first kappa shape index (κ1) is 21.2. The number of methoxy groups -OCH3 is 1. The molecule has 0 aromatic carbocycles. The van der Waals surface area contributed by atoms with E-state index in [9.17, 15) is 22.8 Å². The number of amides is 2. The zero-order valence-corrected chi connectivity index (χ0v) is 15.0. The van der Waals surface area contributed by atoms with Crippen LogP contribution in [-0.2, 0) is 14.3 Å². The number of halogens is 4. The van der Waals surface area contributed by atoms with Crippen LogP contribution in [0.3, 0.4) is 0 Å². The molecule has 1 aromatic heterocycles. The number of rotatable bonds is 7. The van der Waals surface area contributed by atoms with E-state index in [-0.39, 0.29) is 36.6 Å². The van der Waals surface area contributed by atoms with Crippen molar-refractivity contribution in [2.24, 2.45) is 0 Å². The molecule has 2 atom stereocenters. The highest BCUT2D eigenvalue weighted by atomic mass is 35.5. The minimum absolute atomic E-state index is 0.0866. The number of ether oxygens (including phenoxy) is 2. The van der Waals surface area contributed by atoms with E-state index in [1.807, 2.05) is 0 Å². The third-order valence-electron chi connectivity index (χ3n) is 3.71. The predicted octanol–water partition coefficient (Wildman–Crippen LogP) is 1.15. The van der Waals surface area contributed by atoms with Crippen molar-refractivity contribution in [2.45, 2.75) is 18.3 Å². The first-order chi connectivity index (χ1) is 12.7. The van der Waals surface area contributed by atoms with Gasteiger partial charge in [0.1, 0.15) is 12.3 Å². The average molecular weight is 411 g/mol. The summed E-state index contributed by atoms with van der Waals surface area (Å²) < 4.78 is 45.5. The normalized spacial score (nSPS) is 20.4. The zero-order valence-electron chi connectivity index (χ0n) is 14.3. The highest BCUT2D eigenvalue weighted by Gasteiger charge is 2.36. The number of imidazole rings is 1. The van der Waals surface area contributed by atoms with E-state index in [1.165, 1.54) is 24.3 Å². The minimum Gasteiger partial charge on any atom is -0.377 e. The maximum atomic E-state index is 12.4. The molecule has 2 rings (SSSR count). The Morgan fingerprint density at radius 2 is 2.22 bits per heavy atom. The van der Waals surface area contributed by atoms with Crippen molar-refractivity contribution >= 4 is 23.4 Å². The van der Waals surface area contributed by atoms with Gasteiger partial charge < -0.3 is 24.7 Å². The number of carbonyl (C=O) groups excluding carboxylic acids is 2. The molecule has 1 aliphatic rings. The molecule has 0 saturated carbocycles. The molecule has 0 radical (unpaired) electrons. The molecule has 0 bridgehead atoms. The van der Waals surface area contributed by atoms with Gasteiger partial charge in [0.15, 0.2) is 0 Å². The second kappa shape index (κ2) is 9.20. The van der Waals surface area contributed by atoms with E-state index in [0.717, 1.165) is 6.08 Å². The lowest BCUT2D eigenvalue weighted by Gasteiger charge is -2.17. The van der Waals surface area contributed by atoms with E-state index in [2.05, 4.69) is 20.0 Å². The van der Waals surface area contributed by atoms with Crippen LogP contribution < -0.4 is 5.32 Å². The van der Waals surface area contributed by atoms with E-state index >= 15 is 0 Å². The van der Waals surface area contributed by atoms with E-state index in [0.29, 0.717) is 0 Å². The molecule has 1 aliphatic heterocycles. The molecule has 0 spiro atoms. The second-order valence-electron chi connectivity index (χ2n) is 5.72. The lowest BCUT2D eigenvalue weighted by Crippen LogP contribution is -2.43. The van der Waals surface area contributed by atoms with Crippen LogP contribution in [0.1, 0.15) is 10.5 Å². The number of H-pyrrole nitrogens is 1. The van der Waals surface area contributed by atoms with E-state index in [1.54, 1.807) is 0 Å².